The fourth-order valence-electron chi connectivity index (χ4n) is 3.30. The van der Waals surface area contributed by atoms with E-state index in [1.54, 1.807) is 6.20 Å². The van der Waals surface area contributed by atoms with Crippen molar-refractivity contribution in [2.45, 2.75) is 6.61 Å². The highest BCUT2D eigenvalue weighted by Crippen LogP contribution is 2.40. The molecule has 5 heteroatoms. The van der Waals surface area contributed by atoms with Crippen molar-refractivity contribution in [2.75, 3.05) is 5.73 Å². The maximum atomic E-state index is 9.84. The number of ether oxygens (including phenoxy) is 1. The lowest BCUT2D eigenvalue weighted by Gasteiger charge is -2.17. The first kappa shape index (κ1) is 19.7. The Hall–Kier alpha value is -3.62. The van der Waals surface area contributed by atoms with Crippen molar-refractivity contribution in [3.8, 4) is 34.1 Å². The molecule has 0 amide bonds. The summed E-state index contributed by atoms with van der Waals surface area (Å²) in [5.41, 5.74) is 10.8. The Morgan fingerprint density at radius 3 is 2.33 bits per heavy atom. The maximum absolute atomic E-state index is 9.84. The summed E-state index contributed by atoms with van der Waals surface area (Å²) in [6.45, 7) is 0.410. The predicted molar refractivity (Wildman–Crippen MR) is 123 cm³/mol. The smallest absolute Gasteiger partial charge is 0.141 e. The highest BCUT2D eigenvalue weighted by atomic mass is 79.9. The van der Waals surface area contributed by atoms with Gasteiger partial charge in [-0.15, -0.1) is 0 Å². The van der Waals surface area contributed by atoms with Crippen LogP contribution in [0.2, 0.25) is 0 Å². The molecule has 0 fully saturated rings. The number of rotatable bonds is 5. The molecule has 0 unspecified atom stereocenters. The van der Waals surface area contributed by atoms with E-state index in [1.807, 2.05) is 78.9 Å². The zero-order chi connectivity index (χ0) is 20.9. The molecular weight excluding hydrogens is 438 g/mol. The van der Waals surface area contributed by atoms with Crippen LogP contribution in [0, 0.1) is 11.3 Å². The molecule has 0 saturated heterocycles. The summed E-state index contributed by atoms with van der Waals surface area (Å²) in [4.78, 5) is 4.25. The Bertz CT molecular complexity index is 1220. The van der Waals surface area contributed by atoms with Crippen LogP contribution in [0.4, 0.5) is 5.82 Å². The Balaban J connectivity index is 1.82. The number of halogens is 1. The molecule has 4 nitrogen and oxygen atoms in total. The Kier molecular flexibility index (Phi) is 5.78. The van der Waals surface area contributed by atoms with Gasteiger partial charge in [0.1, 0.15) is 29.8 Å². The zero-order valence-electron chi connectivity index (χ0n) is 16.0. The first-order chi connectivity index (χ1) is 14.7. The van der Waals surface area contributed by atoms with Gasteiger partial charge in [0.25, 0.3) is 0 Å². The van der Waals surface area contributed by atoms with E-state index in [9.17, 15) is 5.26 Å². The van der Waals surface area contributed by atoms with Crippen LogP contribution < -0.4 is 10.5 Å². The number of benzene rings is 3. The van der Waals surface area contributed by atoms with Gasteiger partial charge in [0, 0.05) is 27.4 Å². The monoisotopic (exact) mass is 455 g/mol. The van der Waals surface area contributed by atoms with Crippen molar-refractivity contribution in [3.63, 3.8) is 0 Å². The number of nitrogens with two attached hydrogens (primary N) is 1. The van der Waals surface area contributed by atoms with E-state index in [0.29, 0.717) is 17.9 Å². The third-order valence-electron chi connectivity index (χ3n) is 4.77. The molecule has 0 spiro atoms. The van der Waals surface area contributed by atoms with Gasteiger partial charge in [0.15, 0.2) is 0 Å². The lowest BCUT2D eigenvalue weighted by molar-refractivity contribution is 0.307. The van der Waals surface area contributed by atoms with E-state index in [0.717, 1.165) is 32.3 Å². The average Bonchev–Trinajstić information content (AvgIpc) is 2.79. The van der Waals surface area contributed by atoms with Gasteiger partial charge >= 0.3 is 0 Å². The first-order valence-corrected chi connectivity index (χ1v) is 10.2. The summed E-state index contributed by atoms with van der Waals surface area (Å²) < 4.78 is 7.18. The lowest BCUT2D eigenvalue weighted by atomic mass is 9.92. The largest absolute Gasteiger partial charge is 0.488 e. The molecule has 0 aliphatic rings. The second-order valence-electron chi connectivity index (χ2n) is 6.70. The number of nitriles is 1. The van der Waals surface area contributed by atoms with Gasteiger partial charge in [-0.3, -0.25) is 0 Å². The molecule has 0 aliphatic heterocycles. The minimum Gasteiger partial charge on any atom is -0.488 e. The van der Waals surface area contributed by atoms with Gasteiger partial charge in [0.05, 0.1) is 0 Å². The standard InChI is InChI=1S/C25H18BrN3O/c26-19-12-10-17(11-13-19)16-30-23-9-5-4-8-20(23)24-21(14-27)25(28)29-15-22(24)18-6-2-1-3-7-18/h1-13,15H,16H2,(H2,28,29). The van der Waals surface area contributed by atoms with Crippen LogP contribution in [0.3, 0.4) is 0 Å². The van der Waals surface area contributed by atoms with E-state index >= 15 is 0 Å². The fraction of sp³-hybridized carbons (Fsp3) is 0.0400. The molecule has 30 heavy (non-hydrogen) atoms. The number of anilines is 1. The minimum atomic E-state index is 0.204. The Labute approximate surface area is 183 Å². The average molecular weight is 456 g/mol. The molecule has 0 atom stereocenters. The van der Waals surface area contributed by atoms with Gasteiger partial charge in [0.2, 0.25) is 0 Å². The second kappa shape index (κ2) is 8.81. The van der Waals surface area contributed by atoms with Crippen LogP contribution >= 0.6 is 15.9 Å². The summed E-state index contributed by atoms with van der Waals surface area (Å²) in [6.07, 6.45) is 1.71. The molecule has 2 N–H and O–H groups in total. The van der Waals surface area contributed by atoms with Crippen molar-refractivity contribution in [2.24, 2.45) is 0 Å². The summed E-state index contributed by atoms with van der Waals surface area (Å²) in [5.74, 6) is 0.884. The van der Waals surface area contributed by atoms with Crippen LogP contribution in [0.5, 0.6) is 5.75 Å². The maximum Gasteiger partial charge on any atom is 0.141 e. The molecule has 1 heterocycles. The van der Waals surface area contributed by atoms with E-state index in [2.05, 4.69) is 27.0 Å². The van der Waals surface area contributed by atoms with Gasteiger partial charge in [-0.2, -0.15) is 5.26 Å². The second-order valence-corrected chi connectivity index (χ2v) is 7.61. The number of nitrogens with zero attached hydrogens (tertiary/aromatic N) is 2. The quantitative estimate of drug-likeness (QED) is 0.388. The molecule has 1 aromatic heterocycles. The van der Waals surface area contributed by atoms with Crippen molar-refractivity contribution in [3.05, 3.63) is 101 Å². The SMILES string of the molecule is N#Cc1c(N)ncc(-c2ccccc2)c1-c1ccccc1OCc1ccc(Br)cc1. The topological polar surface area (TPSA) is 71.9 Å². The molecule has 3 aromatic carbocycles. The van der Waals surface area contributed by atoms with Crippen molar-refractivity contribution in [1.82, 2.24) is 4.98 Å². The molecule has 0 aliphatic carbocycles. The third-order valence-corrected chi connectivity index (χ3v) is 5.30. The normalized spacial score (nSPS) is 10.4. The Morgan fingerprint density at radius 2 is 1.60 bits per heavy atom. The van der Waals surface area contributed by atoms with Crippen LogP contribution in [0.15, 0.2) is 89.5 Å². The van der Waals surface area contributed by atoms with Gasteiger partial charge in [-0.1, -0.05) is 76.6 Å². The summed E-state index contributed by atoms with van der Waals surface area (Å²) in [6, 6.07) is 27.7. The van der Waals surface area contributed by atoms with Crippen LogP contribution in [0.1, 0.15) is 11.1 Å². The van der Waals surface area contributed by atoms with E-state index in [4.69, 9.17) is 10.5 Å². The molecule has 0 radical (unpaired) electrons. The molecule has 146 valence electrons. The van der Waals surface area contributed by atoms with E-state index < -0.39 is 0 Å². The van der Waals surface area contributed by atoms with Crippen LogP contribution in [-0.4, -0.2) is 4.98 Å². The molecule has 0 saturated carbocycles. The highest BCUT2D eigenvalue weighted by Gasteiger charge is 2.19. The van der Waals surface area contributed by atoms with Crippen molar-refractivity contribution in [1.29, 1.82) is 5.26 Å². The summed E-state index contributed by atoms with van der Waals surface area (Å²) >= 11 is 3.45. The number of pyridine rings is 1. The summed E-state index contributed by atoms with van der Waals surface area (Å²) in [7, 11) is 0. The number of para-hydroxylation sites is 1. The number of aromatic nitrogens is 1. The third kappa shape index (κ3) is 4.05. The van der Waals surface area contributed by atoms with E-state index in [-0.39, 0.29) is 5.82 Å². The van der Waals surface area contributed by atoms with Crippen LogP contribution in [-0.2, 0) is 6.61 Å². The minimum absolute atomic E-state index is 0.204. The van der Waals surface area contributed by atoms with Crippen molar-refractivity contribution < 1.29 is 4.74 Å². The van der Waals surface area contributed by atoms with Gasteiger partial charge < -0.3 is 10.5 Å². The number of hydrogen-bond donors (Lipinski definition) is 1. The molecular formula is C25H18BrN3O. The molecule has 0 bridgehead atoms. The number of hydrogen-bond acceptors (Lipinski definition) is 4. The van der Waals surface area contributed by atoms with E-state index in [1.165, 1.54) is 0 Å². The highest BCUT2D eigenvalue weighted by molar-refractivity contribution is 9.10. The molecule has 4 aromatic rings. The lowest BCUT2D eigenvalue weighted by Crippen LogP contribution is -2.02. The van der Waals surface area contributed by atoms with Gasteiger partial charge in [-0.25, -0.2) is 4.98 Å². The number of nitrogen functional groups attached to an aromatic ring is 1. The van der Waals surface area contributed by atoms with Crippen molar-refractivity contribution >= 4 is 21.7 Å². The molecule has 4 rings (SSSR count). The predicted octanol–water partition coefficient (Wildman–Crippen LogP) is 6.21. The Morgan fingerprint density at radius 1 is 0.900 bits per heavy atom. The van der Waals surface area contributed by atoms with Gasteiger partial charge in [-0.05, 0) is 29.3 Å². The fourth-order valence-corrected chi connectivity index (χ4v) is 3.56. The summed E-state index contributed by atoms with van der Waals surface area (Å²) in [5, 5.41) is 9.84. The van der Waals surface area contributed by atoms with Crippen LogP contribution in [0.25, 0.3) is 22.3 Å². The zero-order valence-corrected chi connectivity index (χ0v) is 17.6. The first-order valence-electron chi connectivity index (χ1n) is 9.38.